The molecule has 2 rings (SSSR count). The minimum absolute atomic E-state index is 0.00701. The second-order valence-electron chi connectivity index (χ2n) is 3.41. The van der Waals surface area contributed by atoms with Crippen molar-refractivity contribution < 1.29 is 13.9 Å². The molecule has 2 aromatic rings. The van der Waals surface area contributed by atoms with Gasteiger partial charge in [0, 0.05) is 6.07 Å². The highest BCUT2D eigenvalue weighted by molar-refractivity contribution is 6.30. The highest BCUT2D eigenvalue weighted by Gasteiger charge is 2.07. The van der Waals surface area contributed by atoms with Crippen LogP contribution in [0.4, 0.5) is 20.8 Å². The lowest BCUT2D eigenvalue weighted by atomic mass is 10.3. The van der Waals surface area contributed by atoms with Crippen LogP contribution < -0.4 is 15.8 Å². The zero-order valence-electron chi connectivity index (χ0n) is 9.43. The van der Waals surface area contributed by atoms with Gasteiger partial charge in [0.15, 0.2) is 0 Å². The molecule has 0 spiro atoms. The standard InChI is InChI=1S/C11H8ClFN4O2/c12-6-4-15-11(16-5-6)17-9-2-1-7(3-8(9)13)19-10(14)18/h1-5H,(H2,14,18)(H,15,16,17). The van der Waals surface area contributed by atoms with Crippen molar-refractivity contribution >= 4 is 29.3 Å². The van der Waals surface area contributed by atoms with Crippen molar-refractivity contribution in [2.75, 3.05) is 5.32 Å². The zero-order chi connectivity index (χ0) is 13.8. The third-order valence-corrected chi connectivity index (χ3v) is 2.22. The van der Waals surface area contributed by atoms with Gasteiger partial charge in [-0.25, -0.2) is 19.2 Å². The van der Waals surface area contributed by atoms with Crippen LogP contribution in [0, 0.1) is 5.82 Å². The molecule has 0 unspecified atom stereocenters. The number of hydrogen-bond donors (Lipinski definition) is 2. The number of rotatable bonds is 3. The number of nitrogens with one attached hydrogen (secondary N) is 1. The fraction of sp³-hybridized carbons (Fsp3) is 0. The summed E-state index contributed by atoms with van der Waals surface area (Å²) < 4.78 is 18.2. The third kappa shape index (κ3) is 3.52. The second kappa shape index (κ2) is 5.49. The molecule has 0 aliphatic rings. The maximum absolute atomic E-state index is 13.7. The summed E-state index contributed by atoms with van der Waals surface area (Å²) in [6, 6.07) is 3.76. The second-order valence-corrected chi connectivity index (χ2v) is 3.85. The van der Waals surface area contributed by atoms with Crippen LogP contribution >= 0.6 is 11.6 Å². The molecule has 0 radical (unpaired) electrons. The number of carbonyl (C=O) groups excluding carboxylic acids is 1. The van der Waals surface area contributed by atoms with Crippen LogP contribution in [0.2, 0.25) is 5.02 Å². The monoisotopic (exact) mass is 282 g/mol. The Labute approximate surface area is 112 Å². The first kappa shape index (κ1) is 13.0. The van der Waals surface area contributed by atoms with Crippen molar-refractivity contribution in [3.63, 3.8) is 0 Å². The Kier molecular flexibility index (Phi) is 3.76. The summed E-state index contributed by atoms with van der Waals surface area (Å²) in [7, 11) is 0. The summed E-state index contributed by atoms with van der Waals surface area (Å²) in [6.45, 7) is 0. The van der Waals surface area contributed by atoms with E-state index in [1.54, 1.807) is 0 Å². The van der Waals surface area contributed by atoms with E-state index in [4.69, 9.17) is 17.3 Å². The van der Waals surface area contributed by atoms with Crippen LogP contribution in [0.3, 0.4) is 0 Å². The van der Waals surface area contributed by atoms with Crippen molar-refractivity contribution in [3.05, 3.63) is 41.4 Å². The minimum atomic E-state index is -1.01. The lowest BCUT2D eigenvalue weighted by molar-refractivity contribution is 0.210. The minimum Gasteiger partial charge on any atom is -0.410 e. The molecule has 3 N–H and O–H groups in total. The zero-order valence-corrected chi connectivity index (χ0v) is 10.2. The summed E-state index contributed by atoms with van der Waals surface area (Å²) in [5.74, 6) is -0.447. The van der Waals surface area contributed by atoms with Crippen molar-refractivity contribution in [1.82, 2.24) is 9.97 Å². The number of amides is 1. The molecule has 0 aliphatic carbocycles. The van der Waals surface area contributed by atoms with E-state index >= 15 is 0 Å². The number of carbonyl (C=O) groups is 1. The molecule has 6 nitrogen and oxygen atoms in total. The van der Waals surface area contributed by atoms with E-state index in [1.807, 2.05) is 0 Å². The normalized spacial score (nSPS) is 10.0. The summed E-state index contributed by atoms with van der Waals surface area (Å²) in [4.78, 5) is 18.2. The number of primary amides is 1. The van der Waals surface area contributed by atoms with Gasteiger partial charge >= 0.3 is 6.09 Å². The van der Waals surface area contributed by atoms with Crippen molar-refractivity contribution in [2.24, 2.45) is 5.73 Å². The average molecular weight is 283 g/mol. The van der Waals surface area contributed by atoms with E-state index in [0.717, 1.165) is 6.07 Å². The first-order valence-corrected chi connectivity index (χ1v) is 5.44. The van der Waals surface area contributed by atoms with Gasteiger partial charge in [-0.3, -0.25) is 0 Å². The molecule has 0 fully saturated rings. The fourth-order valence-electron chi connectivity index (χ4n) is 1.27. The molecule has 0 atom stereocenters. The predicted octanol–water partition coefficient (Wildman–Crippen LogP) is 2.47. The quantitative estimate of drug-likeness (QED) is 0.902. The highest BCUT2D eigenvalue weighted by atomic mass is 35.5. The molecule has 1 aromatic heterocycles. The van der Waals surface area contributed by atoms with Gasteiger partial charge in [0.25, 0.3) is 0 Å². The first-order chi connectivity index (χ1) is 9.04. The summed E-state index contributed by atoms with van der Waals surface area (Å²) in [6.07, 6.45) is 1.74. The Morgan fingerprint density at radius 3 is 2.63 bits per heavy atom. The molecular weight excluding hydrogens is 275 g/mol. The predicted molar refractivity (Wildman–Crippen MR) is 66.9 cm³/mol. The largest absolute Gasteiger partial charge is 0.410 e. The van der Waals surface area contributed by atoms with E-state index in [0.29, 0.717) is 5.02 Å². The van der Waals surface area contributed by atoms with Crippen LogP contribution in [0.1, 0.15) is 0 Å². The molecule has 98 valence electrons. The summed E-state index contributed by atoms with van der Waals surface area (Å²) >= 11 is 5.63. The molecule has 0 saturated carbocycles. The Morgan fingerprint density at radius 2 is 2.05 bits per heavy atom. The van der Waals surface area contributed by atoms with Gasteiger partial charge in [0.1, 0.15) is 11.6 Å². The molecule has 19 heavy (non-hydrogen) atoms. The highest BCUT2D eigenvalue weighted by Crippen LogP contribution is 2.22. The Morgan fingerprint density at radius 1 is 1.37 bits per heavy atom. The summed E-state index contributed by atoms with van der Waals surface area (Å²) in [5.41, 5.74) is 4.94. The lowest BCUT2D eigenvalue weighted by Gasteiger charge is -2.07. The van der Waals surface area contributed by atoms with E-state index in [2.05, 4.69) is 20.0 Å². The Balaban J connectivity index is 2.17. The number of ether oxygens (including phenoxy) is 1. The first-order valence-electron chi connectivity index (χ1n) is 5.06. The number of halogens is 2. The number of nitrogens with zero attached hydrogens (tertiary/aromatic N) is 2. The van der Waals surface area contributed by atoms with Gasteiger partial charge in [0.2, 0.25) is 5.95 Å². The maximum Gasteiger partial charge on any atom is 0.409 e. The molecule has 0 aliphatic heterocycles. The van der Waals surface area contributed by atoms with Crippen molar-refractivity contribution in [1.29, 1.82) is 0 Å². The van der Waals surface area contributed by atoms with E-state index in [1.165, 1.54) is 24.5 Å². The molecule has 1 amide bonds. The average Bonchev–Trinajstić information content (AvgIpc) is 2.34. The molecule has 0 bridgehead atoms. The van der Waals surface area contributed by atoms with Gasteiger partial charge in [-0.15, -0.1) is 0 Å². The van der Waals surface area contributed by atoms with Crippen LogP contribution in [-0.4, -0.2) is 16.1 Å². The SMILES string of the molecule is NC(=O)Oc1ccc(Nc2ncc(Cl)cn2)c(F)c1. The van der Waals surface area contributed by atoms with Crippen molar-refractivity contribution in [3.8, 4) is 5.75 Å². The number of hydrogen-bond acceptors (Lipinski definition) is 5. The van der Waals surface area contributed by atoms with Crippen LogP contribution in [0.5, 0.6) is 5.75 Å². The van der Waals surface area contributed by atoms with Crippen LogP contribution in [0.15, 0.2) is 30.6 Å². The van der Waals surface area contributed by atoms with Gasteiger partial charge in [-0.2, -0.15) is 0 Å². The molecule has 1 heterocycles. The van der Waals surface area contributed by atoms with E-state index < -0.39 is 11.9 Å². The number of benzene rings is 1. The van der Waals surface area contributed by atoms with Gasteiger partial charge in [-0.1, -0.05) is 11.6 Å². The summed E-state index contributed by atoms with van der Waals surface area (Å²) in [5, 5.41) is 3.02. The van der Waals surface area contributed by atoms with Crippen molar-refractivity contribution in [2.45, 2.75) is 0 Å². The molecule has 1 aromatic carbocycles. The number of aromatic nitrogens is 2. The number of nitrogens with two attached hydrogens (primary N) is 1. The van der Waals surface area contributed by atoms with Crippen LogP contribution in [-0.2, 0) is 0 Å². The molecular formula is C11H8ClFN4O2. The third-order valence-electron chi connectivity index (χ3n) is 2.03. The Bertz CT molecular complexity index is 606. The lowest BCUT2D eigenvalue weighted by Crippen LogP contribution is -2.16. The van der Waals surface area contributed by atoms with E-state index in [-0.39, 0.29) is 17.4 Å². The van der Waals surface area contributed by atoms with Gasteiger partial charge in [-0.05, 0) is 12.1 Å². The molecule has 8 heteroatoms. The molecule has 0 saturated heterocycles. The van der Waals surface area contributed by atoms with E-state index in [9.17, 15) is 9.18 Å². The van der Waals surface area contributed by atoms with Crippen LogP contribution in [0.25, 0.3) is 0 Å². The van der Waals surface area contributed by atoms with Gasteiger partial charge < -0.3 is 15.8 Å². The Hall–Kier alpha value is -2.41. The topological polar surface area (TPSA) is 90.1 Å². The number of anilines is 2. The smallest absolute Gasteiger partial charge is 0.409 e. The van der Waals surface area contributed by atoms with Gasteiger partial charge in [0.05, 0.1) is 23.1 Å². The fourth-order valence-corrected chi connectivity index (χ4v) is 1.37. The maximum atomic E-state index is 13.7.